The highest BCUT2D eigenvalue weighted by Crippen LogP contribution is 2.17. The summed E-state index contributed by atoms with van der Waals surface area (Å²) in [6, 6.07) is 3.57. The minimum absolute atomic E-state index is 0.0349. The van der Waals surface area contributed by atoms with Crippen LogP contribution in [0.5, 0.6) is 0 Å². The van der Waals surface area contributed by atoms with Crippen LogP contribution in [-0.4, -0.2) is 6.04 Å². The van der Waals surface area contributed by atoms with Crippen LogP contribution in [0.1, 0.15) is 25.8 Å². The monoisotopic (exact) mass is 213 g/mol. The Labute approximate surface area is 89.3 Å². The van der Waals surface area contributed by atoms with E-state index in [1.807, 2.05) is 13.8 Å². The van der Waals surface area contributed by atoms with Gasteiger partial charge in [-0.25, -0.2) is 8.78 Å². The minimum Gasteiger partial charge on any atom is -0.327 e. The topological polar surface area (TPSA) is 26.0 Å². The van der Waals surface area contributed by atoms with Gasteiger partial charge in [-0.1, -0.05) is 13.8 Å². The number of benzene rings is 1. The molecule has 84 valence electrons. The fraction of sp³-hybridized carbons (Fsp3) is 0.500. The van der Waals surface area contributed by atoms with Crippen LogP contribution >= 0.6 is 0 Å². The smallest absolute Gasteiger partial charge is 0.126 e. The standard InChI is InChI=1S/C12H17F2N/c1-3-12(15)8(2)6-9-7-10(13)4-5-11(9)14/h4-5,7-8,12H,3,6,15H2,1-2H3. The lowest BCUT2D eigenvalue weighted by Crippen LogP contribution is -2.28. The van der Waals surface area contributed by atoms with E-state index in [0.717, 1.165) is 18.6 Å². The lowest BCUT2D eigenvalue weighted by Gasteiger charge is -2.18. The summed E-state index contributed by atoms with van der Waals surface area (Å²) in [5.41, 5.74) is 6.24. The Hall–Kier alpha value is -0.960. The molecule has 0 aliphatic heterocycles. The van der Waals surface area contributed by atoms with Crippen molar-refractivity contribution in [1.82, 2.24) is 0 Å². The number of rotatable bonds is 4. The van der Waals surface area contributed by atoms with Crippen molar-refractivity contribution in [1.29, 1.82) is 0 Å². The Bertz CT molecular complexity index is 325. The molecule has 0 aliphatic carbocycles. The second-order valence-electron chi connectivity index (χ2n) is 3.99. The van der Waals surface area contributed by atoms with Crippen molar-refractivity contribution in [3.63, 3.8) is 0 Å². The minimum atomic E-state index is -0.399. The van der Waals surface area contributed by atoms with Crippen LogP contribution in [0.15, 0.2) is 18.2 Å². The van der Waals surface area contributed by atoms with E-state index >= 15 is 0 Å². The average Bonchev–Trinajstić information content (AvgIpc) is 2.22. The molecule has 1 nitrogen and oxygen atoms in total. The summed E-state index contributed by atoms with van der Waals surface area (Å²) >= 11 is 0. The molecule has 0 amide bonds. The highest BCUT2D eigenvalue weighted by Gasteiger charge is 2.14. The van der Waals surface area contributed by atoms with Crippen molar-refractivity contribution >= 4 is 0 Å². The van der Waals surface area contributed by atoms with Gasteiger partial charge in [-0.2, -0.15) is 0 Å². The molecular formula is C12H17F2N. The van der Waals surface area contributed by atoms with Crippen LogP contribution in [0.25, 0.3) is 0 Å². The van der Waals surface area contributed by atoms with Gasteiger partial charge in [-0.05, 0) is 42.5 Å². The Morgan fingerprint density at radius 2 is 2.00 bits per heavy atom. The van der Waals surface area contributed by atoms with Gasteiger partial charge in [-0.15, -0.1) is 0 Å². The fourth-order valence-electron chi connectivity index (χ4n) is 1.60. The van der Waals surface area contributed by atoms with E-state index in [4.69, 9.17) is 5.73 Å². The van der Waals surface area contributed by atoms with E-state index in [9.17, 15) is 8.78 Å². The van der Waals surface area contributed by atoms with E-state index in [0.29, 0.717) is 12.0 Å². The molecule has 3 heteroatoms. The molecule has 2 unspecified atom stereocenters. The molecule has 0 saturated heterocycles. The van der Waals surface area contributed by atoms with Crippen molar-refractivity contribution < 1.29 is 8.78 Å². The lowest BCUT2D eigenvalue weighted by atomic mass is 9.93. The van der Waals surface area contributed by atoms with Crippen LogP contribution in [0.2, 0.25) is 0 Å². The molecule has 1 rings (SSSR count). The summed E-state index contributed by atoms with van der Waals surface area (Å²) in [7, 11) is 0. The molecule has 0 spiro atoms. The van der Waals surface area contributed by atoms with Gasteiger partial charge in [0.05, 0.1) is 0 Å². The first-order valence-corrected chi connectivity index (χ1v) is 5.24. The molecule has 1 aromatic rings. The second-order valence-corrected chi connectivity index (χ2v) is 3.99. The molecule has 15 heavy (non-hydrogen) atoms. The molecule has 2 atom stereocenters. The normalized spacial score (nSPS) is 15.0. The first-order chi connectivity index (χ1) is 7.04. The van der Waals surface area contributed by atoms with Crippen molar-refractivity contribution in [3.8, 4) is 0 Å². The van der Waals surface area contributed by atoms with Crippen LogP contribution in [0, 0.1) is 17.6 Å². The predicted molar refractivity (Wildman–Crippen MR) is 57.5 cm³/mol. The van der Waals surface area contributed by atoms with Crippen LogP contribution in [0.3, 0.4) is 0 Å². The summed E-state index contributed by atoms with van der Waals surface area (Å²) in [4.78, 5) is 0. The largest absolute Gasteiger partial charge is 0.327 e. The summed E-state index contributed by atoms with van der Waals surface area (Å²) in [6.07, 6.45) is 1.33. The molecule has 0 radical (unpaired) electrons. The molecule has 0 saturated carbocycles. The zero-order valence-electron chi connectivity index (χ0n) is 9.13. The van der Waals surface area contributed by atoms with Crippen LogP contribution in [-0.2, 0) is 6.42 Å². The molecule has 2 N–H and O–H groups in total. The lowest BCUT2D eigenvalue weighted by molar-refractivity contribution is 0.433. The average molecular weight is 213 g/mol. The highest BCUT2D eigenvalue weighted by molar-refractivity contribution is 5.19. The summed E-state index contributed by atoms with van der Waals surface area (Å²) in [5.74, 6) is -0.596. The van der Waals surface area contributed by atoms with E-state index in [1.54, 1.807) is 0 Å². The summed E-state index contributed by atoms with van der Waals surface area (Å²) in [5, 5.41) is 0. The summed E-state index contributed by atoms with van der Waals surface area (Å²) in [6.45, 7) is 3.95. The highest BCUT2D eigenvalue weighted by atomic mass is 19.1. The molecule has 0 aliphatic rings. The third-order valence-electron chi connectivity index (χ3n) is 2.75. The molecular weight excluding hydrogens is 196 g/mol. The second kappa shape index (κ2) is 5.21. The SMILES string of the molecule is CCC(N)C(C)Cc1cc(F)ccc1F. The van der Waals surface area contributed by atoms with E-state index in [-0.39, 0.29) is 17.8 Å². The van der Waals surface area contributed by atoms with Crippen molar-refractivity contribution in [3.05, 3.63) is 35.4 Å². The Morgan fingerprint density at radius 3 is 2.60 bits per heavy atom. The van der Waals surface area contributed by atoms with Crippen molar-refractivity contribution in [2.75, 3.05) is 0 Å². The Morgan fingerprint density at radius 1 is 1.33 bits per heavy atom. The molecule has 0 fully saturated rings. The fourth-order valence-corrected chi connectivity index (χ4v) is 1.60. The van der Waals surface area contributed by atoms with Crippen LogP contribution in [0.4, 0.5) is 8.78 Å². The number of hydrogen-bond acceptors (Lipinski definition) is 1. The zero-order chi connectivity index (χ0) is 11.4. The third-order valence-corrected chi connectivity index (χ3v) is 2.75. The molecule has 1 aromatic carbocycles. The zero-order valence-corrected chi connectivity index (χ0v) is 9.13. The molecule has 0 heterocycles. The first-order valence-electron chi connectivity index (χ1n) is 5.24. The first kappa shape index (κ1) is 12.1. The predicted octanol–water partition coefficient (Wildman–Crippen LogP) is 2.88. The van der Waals surface area contributed by atoms with Gasteiger partial charge in [0.25, 0.3) is 0 Å². The van der Waals surface area contributed by atoms with E-state index in [2.05, 4.69) is 0 Å². The Balaban J connectivity index is 2.75. The van der Waals surface area contributed by atoms with Gasteiger partial charge >= 0.3 is 0 Å². The van der Waals surface area contributed by atoms with E-state index in [1.165, 1.54) is 6.07 Å². The van der Waals surface area contributed by atoms with Gasteiger partial charge in [-0.3, -0.25) is 0 Å². The third kappa shape index (κ3) is 3.27. The molecule has 0 bridgehead atoms. The van der Waals surface area contributed by atoms with Crippen molar-refractivity contribution in [2.45, 2.75) is 32.7 Å². The maximum Gasteiger partial charge on any atom is 0.126 e. The van der Waals surface area contributed by atoms with Crippen LogP contribution < -0.4 is 5.73 Å². The van der Waals surface area contributed by atoms with Gasteiger partial charge < -0.3 is 5.73 Å². The summed E-state index contributed by atoms with van der Waals surface area (Å²) < 4.78 is 26.2. The Kier molecular flexibility index (Phi) is 4.21. The van der Waals surface area contributed by atoms with Gasteiger partial charge in [0, 0.05) is 6.04 Å². The van der Waals surface area contributed by atoms with E-state index < -0.39 is 5.82 Å². The van der Waals surface area contributed by atoms with Gasteiger partial charge in [0.1, 0.15) is 11.6 Å². The number of halogens is 2. The molecule has 0 aromatic heterocycles. The maximum atomic E-state index is 13.3. The van der Waals surface area contributed by atoms with Crippen molar-refractivity contribution in [2.24, 2.45) is 11.7 Å². The maximum absolute atomic E-state index is 13.3. The van der Waals surface area contributed by atoms with Gasteiger partial charge in [0.15, 0.2) is 0 Å². The number of hydrogen-bond donors (Lipinski definition) is 1. The number of nitrogens with two attached hydrogens (primary N) is 1. The quantitative estimate of drug-likeness (QED) is 0.817. The van der Waals surface area contributed by atoms with Gasteiger partial charge in [0.2, 0.25) is 0 Å².